The maximum Gasteiger partial charge on any atom is 0.263 e. The van der Waals surface area contributed by atoms with Crippen LogP contribution in [0, 0.1) is 0 Å². The van der Waals surface area contributed by atoms with Gasteiger partial charge in [0, 0.05) is 33.6 Å². The average Bonchev–Trinajstić information content (AvgIpc) is 2.68. The molecule has 1 amide bonds. The number of rotatable bonds is 6. The smallest absolute Gasteiger partial charge is 0.263 e. The highest BCUT2D eigenvalue weighted by Gasteiger charge is 2.14. The summed E-state index contributed by atoms with van der Waals surface area (Å²) in [6.45, 7) is 0. The first-order chi connectivity index (χ1) is 13.8. The molecule has 0 aliphatic rings. The van der Waals surface area contributed by atoms with Gasteiger partial charge in [0.2, 0.25) is 5.91 Å². The van der Waals surface area contributed by atoms with Gasteiger partial charge in [0.25, 0.3) is 10.0 Å². The molecule has 0 aliphatic carbocycles. The Balaban J connectivity index is 1.67. The van der Waals surface area contributed by atoms with Crippen molar-refractivity contribution in [2.24, 2.45) is 0 Å². The van der Waals surface area contributed by atoms with Crippen LogP contribution >= 0.6 is 23.2 Å². The van der Waals surface area contributed by atoms with Crippen LogP contribution in [0.1, 0.15) is 5.56 Å². The third kappa shape index (κ3) is 5.57. The Hall–Kier alpha value is -2.87. The molecule has 0 radical (unpaired) electrons. The van der Waals surface area contributed by atoms with Gasteiger partial charge in [-0.2, -0.15) is 0 Å². The maximum absolute atomic E-state index is 12.4. The van der Waals surface area contributed by atoms with Crippen molar-refractivity contribution in [2.45, 2.75) is 4.90 Å². The van der Waals surface area contributed by atoms with Crippen molar-refractivity contribution in [1.82, 2.24) is 4.98 Å². The Kier molecular flexibility index (Phi) is 6.53. The Morgan fingerprint density at radius 1 is 0.931 bits per heavy atom. The van der Waals surface area contributed by atoms with E-state index >= 15 is 0 Å². The lowest BCUT2D eigenvalue weighted by atomic mass is 10.2. The Bertz CT molecular complexity index is 1130. The summed E-state index contributed by atoms with van der Waals surface area (Å²) in [6, 6.07) is 15.7. The van der Waals surface area contributed by atoms with Gasteiger partial charge >= 0.3 is 0 Å². The maximum atomic E-state index is 12.4. The van der Waals surface area contributed by atoms with Crippen LogP contribution in [0.5, 0.6) is 0 Å². The van der Waals surface area contributed by atoms with Gasteiger partial charge in [-0.15, -0.1) is 0 Å². The highest BCUT2D eigenvalue weighted by Crippen LogP contribution is 2.25. The molecular formula is C20H15Cl2N3O3S. The van der Waals surface area contributed by atoms with E-state index in [1.807, 2.05) is 0 Å². The summed E-state index contributed by atoms with van der Waals surface area (Å²) in [6.07, 6.45) is 4.29. The molecule has 0 spiro atoms. The fraction of sp³-hybridized carbons (Fsp3) is 0. The van der Waals surface area contributed by atoms with E-state index in [4.69, 9.17) is 23.2 Å². The number of nitrogens with one attached hydrogen (secondary N) is 2. The first kappa shape index (κ1) is 20.9. The second-order valence-corrected chi connectivity index (χ2v) is 8.30. The van der Waals surface area contributed by atoms with Crippen molar-refractivity contribution in [3.05, 3.63) is 88.5 Å². The summed E-state index contributed by atoms with van der Waals surface area (Å²) < 4.78 is 27.1. The quantitative estimate of drug-likeness (QED) is 0.529. The van der Waals surface area contributed by atoms with Crippen molar-refractivity contribution in [2.75, 3.05) is 10.0 Å². The van der Waals surface area contributed by atoms with Gasteiger partial charge in [0.15, 0.2) is 0 Å². The van der Waals surface area contributed by atoms with Gasteiger partial charge in [0.05, 0.1) is 4.90 Å². The zero-order chi connectivity index (χ0) is 20.9. The molecule has 0 atom stereocenters. The van der Waals surface area contributed by atoms with Crippen LogP contribution < -0.4 is 10.0 Å². The summed E-state index contributed by atoms with van der Waals surface area (Å²) in [5.41, 5.74) is 0.967. The minimum Gasteiger partial charge on any atom is -0.323 e. The molecule has 3 rings (SSSR count). The highest BCUT2D eigenvalue weighted by molar-refractivity contribution is 7.92. The standard InChI is InChI=1S/C20H15Cl2N3O3S/c21-17-4-3-5-18(22)16(17)11-12-20(26)24-14-7-9-15(10-8-14)29(27,28)25-19-6-1-2-13-23-19/h1-13H,(H,23,25)(H,24,26)/b12-11+. The minimum absolute atomic E-state index is 0.0412. The molecule has 0 saturated carbocycles. The zero-order valence-electron chi connectivity index (χ0n) is 14.8. The first-order valence-corrected chi connectivity index (χ1v) is 10.6. The number of nitrogens with zero attached hydrogens (tertiary/aromatic N) is 1. The van der Waals surface area contributed by atoms with Gasteiger partial charge < -0.3 is 5.32 Å². The molecule has 3 aromatic rings. The molecule has 148 valence electrons. The number of pyridine rings is 1. The lowest BCUT2D eigenvalue weighted by Crippen LogP contribution is -2.14. The van der Waals surface area contributed by atoms with E-state index in [1.54, 1.807) is 36.4 Å². The van der Waals surface area contributed by atoms with Gasteiger partial charge in [0.1, 0.15) is 5.82 Å². The normalized spacial score (nSPS) is 11.4. The number of sulfonamides is 1. The topological polar surface area (TPSA) is 88.2 Å². The number of amides is 1. The molecule has 0 bridgehead atoms. The Morgan fingerprint density at radius 2 is 1.62 bits per heavy atom. The molecule has 6 nitrogen and oxygen atoms in total. The summed E-state index contributed by atoms with van der Waals surface area (Å²) in [5.74, 6) is -0.198. The summed E-state index contributed by atoms with van der Waals surface area (Å²) in [5, 5.41) is 3.49. The zero-order valence-corrected chi connectivity index (χ0v) is 17.2. The molecule has 0 fully saturated rings. The lowest BCUT2D eigenvalue weighted by molar-refractivity contribution is -0.111. The van der Waals surface area contributed by atoms with Crippen LogP contribution in [-0.2, 0) is 14.8 Å². The fourth-order valence-corrected chi connectivity index (χ4v) is 3.88. The van der Waals surface area contributed by atoms with Crippen molar-refractivity contribution < 1.29 is 13.2 Å². The average molecular weight is 448 g/mol. The van der Waals surface area contributed by atoms with E-state index in [0.29, 0.717) is 21.3 Å². The number of benzene rings is 2. The molecule has 1 heterocycles. The number of anilines is 2. The predicted molar refractivity (Wildman–Crippen MR) is 116 cm³/mol. The van der Waals surface area contributed by atoms with Crippen LogP contribution in [0.3, 0.4) is 0 Å². The van der Waals surface area contributed by atoms with Crippen LogP contribution in [0.4, 0.5) is 11.5 Å². The van der Waals surface area contributed by atoms with E-state index in [0.717, 1.165) is 0 Å². The van der Waals surface area contributed by atoms with Crippen molar-refractivity contribution >= 4 is 56.7 Å². The fourth-order valence-electron chi connectivity index (χ4n) is 2.35. The van der Waals surface area contributed by atoms with Crippen LogP contribution in [0.15, 0.2) is 77.8 Å². The third-order valence-corrected chi connectivity index (χ3v) is 5.77. The third-order valence-electron chi connectivity index (χ3n) is 3.74. The van der Waals surface area contributed by atoms with Gasteiger partial charge in [-0.1, -0.05) is 35.3 Å². The minimum atomic E-state index is -3.78. The molecule has 1 aromatic heterocycles. The van der Waals surface area contributed by atoms with E-state index in [1.165, 1.54) is 42.6 Å². The second-order valence-electron chi connectivity index (χ2n) is 5.80. The number of hydrogen-bond donors (Lipinski definition) is 2. The second kappa shape index (κ2) is 9.09. The summed E-state index contributed by atoms with van der Waals surface area (Å²) in [7, 11) is -3.78. The monoisotopic (exact) mass is 447 g/mol. The van der Waals surface area contributed by atoms with Crippen LogP contribution in [0.25, 0.3) is 6.08 Å². The van der Waals surface area contributed by atoms with Gasteiger partial charge in [-0.05, 0) is 54.6 Å². The molecule has 0 aliphatic heterocycles. The van der Waals surface area contributed by atoms with Crippen LogP contribution in [-0.4, -0.2) is 19.3 Å². The molecular weight excluding hydrogens is 433 g/mol. The van der Waals surface area contributed by atoms with Gasteiger partial charge in [-0.25, -0.2) is 13.4 Å². The number of halogens is 2. The van der Waals surface area contributed by atoms with E-state index in [9.17, 15) is 13.2 Å². The predicted octanol–water partition coefficient (Wildman–Crippen LogP) is 4.84. The molecule has 0 unspecified atom stereocenters. The molecule has 2 aromatic carbocycles. The van der Waals surface area contributed by atoms with Crippen molar-refractivity contribution in [1.29, 1.82) is 0 Å². The largest absolute Gasteiger partial charge is 0.323 e. The number of carbonyl (C=O) groups is 1. The highest BCUT2D eigenvalue weighted by atomic mass is 35.5. The summed E-state index contributed by atoms with van der Waals surface area (Å²) >= 11 is 12.1. The number of carbonyl (C=O) groups excluding carboxylic acids is 1. The van der Waals surface area contributed by atoms with Crippen molar-refractivity contribution in [3.63, 3.8) is 0 Å². The van der Waals surface area contributed by atoms with E-state index < -0.39 is 15.9 Å². The molecule has 0 saturated heterocycles. The SMILES string of the molecule is O=C(/C=C/c1c(Cl)cccc1Cl)Nc1ccc(S(=O)(=O)Nc2ccccn2)cc1. The first-order valence-electron chi connectivity index (χ1n) is 8.32. The molecule has 29 heavy (non-hydrogen) atoms. The number of hydrogen-bond acceptors (Lipinski definition) is 4. The van der Waals surface area contributed by atoms with E-state index in [-0.39, 0.29) is 10.7 Å². The lowest BCUT2D eigenvalue weighted by Gasteiger charge is -2.08. The Labute approximate surface area is 178 Å². The summed E-state index contributed by atoms with van der Waals surface area (Å²) in [4.78, 5) is 16.1. The van der Waals surface area contributed by atoms with Crippen LogP contribution in [0.2, 0.25) is 10.0 Å². The Morgan fingerprint density at radius 3 is 2.24 bits per heavy atom. The van der Waals surface area contributed by atoms with Crippen molar-refractivity contribution in [3.8, 4) is 0 Å². The van der Waals surface area contributed by atoms with E-state index in [2.05, 4.69) is 15.0 Å². The van der Waals surface area contributed by atoms with Gasteiger partial charge in [-0.3, -0.25) is 9.52 Å². The molecule has 2 N–H and O–H groups in total. The molecule has 9 heteroatoms. The number of aromatic nitrogens is 1.